The minimum Gasteiger partial charge on any atom is -0.495 e. The summed E-state index contributed by atoms with van der Waals surface area (Å²) in [5.41, 5.74) is 0. The van der Waals surface area contributed by atoms with E-state index in [1.807, 2.05) is 0 Å². The van der Waals surface area contributed by atoms with Crippen LogP contribution >= 0.6 is 0 Å². The molecule has 232 valence electrons. The third kappa shape index (κ3) is 8.81. The Labute approximate surface area is 247 Å². The van der Waals surface area contributed by atoms with Crippen LogP contribution in [0.5, 0.6) is 0 Å². The summed E-state index contributed by atoms with van der Waals surface area (Å²) in [7, 11) is 1.45. The molecule has 0 aromatic heterocycles. The van der Waals surface area contributed by atoms with E-state index in [-0.39, 0.29) is 42.8 Å². The Morgan fingerprint density at radius 3 is 2.56 bits per heavy atom. The van der Waals surface area contributed by atoms with E-state index >= 15 is 0 Å². The molecule has 9 atom stereocenters. The van der Waals surface area contributed by atoms with E-state index in [0.717, 1.165) is 82.7 Å². The number of fused-ring (bicyclic) bond motifs is 1. The maximum Gasteiger partial charge on any atom is 0.305 e. The number of unbranched alkanes of at least 4 members (excludes halogenated alkanes) is 1. The van der Waals surface area contributed by atoms with Crippen molar-refractivity contribution in [1.82, 2.24) is 0 Å². The zero-order valence-electron chi connectivity index (χ0n) is 25.5. The lowest BCUT2D eigenvalue weighted by molar-refractivity contribution is -0.194. The molecule has 0 aromatic carbocycles. The summed E-state index contributed by atoms with van der Waals surface area (Å²) in [4.78, 5) is 11.5. The molecule has 7 nitrogen and oxygen atoms in total. The number of carbonyl (C=O) groups is 1. The van der Waals surface area contributed by atoms with Gasteiger partial charge in [0.2, 0.25) is 0 Å². The van der Waals surface area contributed by atoms with Gasteiger partial charge in [-0.05, 0) is 82.1 Å². The van der Waals surface area contributed by atoms with E-state index in [1.165, 1.54) is 45.6 Å². The maximum atomic E-state index is 11.5. The molecule has 0 amide bonds. The lowest BCUT2D eigenvalue weighted by Crippen LogP contribution is -2.32. The molecular weight excluding hydrogens is 520 g/mol. The predicted molar refractivity (Wildman–Crippen MR) is 157 cm³/mol. The molecule has 0 radical (unpaired) electrons. The molecule has 0 bridgehead atoms. The van der Waals surface area contributed by atoms with Gasteiger partial charge in [-0.1, -0.05) is 38.3 Å². The molecule has 2 saturated carbocycles. The van der Waals surface area contributed by atoms with Crippen molar-refractivity contribution in [3.8, 4) is 0 Å². The van der Waals surface area contributed by atoms with Crippen LogP contribution in [0.25, 0.3) is 0 Å². The topological polar surface area (TPSA) is 72.5 Å². The van der Waals surface area contributed by atoms with Crippen LogP contribution < -0.4 is 0 Å². The molecule has 3 aliphatic heterocycles. The molecule has 41 heavy (non-hydrogen) atoms. The number of allylic oxidation sites excluding steroid dienone is 2. The van der Waals surface area contributed by atoms with Crippen molar-refractivity contribution in [2.75, 3.05) is 20.3 Å². The van der Waals surface area contributed by atoms with Gasteiger partial charge in [0, 0.05) is 44.3 Å². The predicted octanol–water partition coefficient (Wildman–Crippen LogP) is 7.23. The molecule has 7 heteroatoms. The van der Waals surface area contributed by atoms with Crippen molar-refractivity contribution in [3.63, 3.8) is 0 Å². The molecule has 5 rings (SSSR count). The van der Waals surface area contributed by atoms with Gasteiger partial charge in [-0.25, -0.2) is 0 Å². The number of esters is 1. The van der Waals surface area contributed by atoms with Crippen LogP contribution in [0.2, 0.25) is 0 Å². The Hall–Kier alpha value is -1.41. The van der Waals surface area contributed by atoms with Crippen molar-refractivity contribution in [2.45, 2.75) is 141 Å². The van der Waals surface area contributed by atoms with Crippen molar-refractivity contribution in [1.29, 1.82) is 0 Å². The summed E-state index contributed by atoms with van der Waals surface area (Å²) in [6.45, 7) is 3.90. The lowest BCUT2D eigenvalue weighted by Gasteiger charge is -2.31. The summed E-state index contributed by atoms with van der Waals surface area (Å²) in [6, 6.07) is 0. The molecule has 0 N–H and O–H groups in total. The molecule has 3 saturated heterocycles. The monoisotopic (exact) mass is 574 g/mol. The minimum atomic E-state index is -0.151. The van der Waals surface area contributed by atoms with Gasteiger partial charge in [0.05, 0.1) is 25.1 Å². The normalized spacial score (nSPS) is 37.4. The molecular formula is C34H54O7. The van der Waals surface area contributed by atoms with Gasteiger partial charge in [0.25, 0.3) is 0 Å². The Kier molecular flexibility index (Phi) is 12.0. The number of hydrogen-bond donors (Lipinski definition) is 0. The van der Waals surface area contributed by atoms with Crippen molar-refractivity contribution >= 4 is 5.97 Å². The molecule has 5 fully saturated rings. The Bertz CT molecular complexity index is 859. The van der Waals surface area contributed by atoms with Gasteiger partial charge in [-0.15, -0.1) is 0 Å². The fourth-order valence-corrected chi connectivity index (χ4v) is 7.76. The third-order valence-electron chi connectivity index (χ3n) is 9.97. The zero-order chi connectivity index (χ0) is 28.4. The van der Waals surface area contributed by atoms with Gasteiger partial charge in [0.15, 0.2) is 12.6 Å². The van der Waals surface area contributed by atoms with E-state index in [9.17, 15) is 4.79 Å². The first-order valence-corrected chi connectivity index (χ1v) is 16.8. The van der Waals surface area contributed by atoms with Gasteiger partial charge >= 0.3 is 5.97 Å². The first-order valence-electron chi connectivity index (χ1n) is 16.8. The first kappa shape index (κ1) is 31.0. The highest BCUT2D eigenvalue weighted by molar-refractivity contribution is 5.69. The molecule has 4 unspecified atom stereocenters. The van der Waals surface area contributed by atoms with Crippen LogP contribution in [0.1, 0.15) is 110 Å². The van der Waals surface area contributed by atoms with Crippen molar-refractivity contribution < 1.29 is 33.2 Å². The van der Waals surface area contributed by atoms with Gasteiger partial charge in [-0.3, -0.25) is 4.79 Å². The van der Waals surface area contributed by atoms with E-state index in [1.54, 1.807) is 0 Å². The summed E-state index contributed by atoms with van der Waals surface area (Å²) < 4.78 is 36.6. The average molecular weight is 575 g/mol. The van der Waals surface area contributed by atoms with E-state index in [2.05, 4.69) is 25.2 Å². The van der Waals surface area contributed by atoms with Crippen LogP contribution in [0.15, 0.2) is 24.0 Å². The second kappa shape index (κ2) is 15.9. The van der Waals surface area contributed by atoms with Crippen molar-refractivity contribution in [2.24, 2.45) is 23.7 Å². The Morgan fingerprint density at radius 2 is 1.83 bits per heavy atom. The van der Waals surface area contributed by atoms with Crippen LogP contribution in [-0.4, -0.2) is 57.2 Å². The standard InChI is InChI=1S/C34H54O7/c1-3-10-24-15-16-25(21-24)29(40-33-13-6-8-19-37-33)18-17-27-28-22-26(11-4-5-12-32(35)36-2)39-31(28)23-30(27)41-34-14-7-9-20-38-34/h11,17-18,24-25,27-31,33-34H,3-10,12-16,19-23H2,1-2H3/b18-17+,26-11-/t24?,25?,27-,28-,29-,30-,31-,33?,34?/m1/s1. The first-order chi connectivity index (χ1) is 20.1. The van der Waals surface area contributed by atoms with E-state index in [4.69, 9.17) is 28.4 Å². The van der Waals surface area contributed by atoms with E-state index in [0.29, 0.717) is 18.3 Å². The highest BCUT2D eigenvalue weighted by Gasteiger charge is 2.49. The highest BCUT2D eigenvalue weighted by atomic mass is 16.7. The summed E-state index contributed by atoms with van der Waals surface area (Å²) in [5, 5.41) is 0. The lowest BCUT2D eigenvalue weighted by atomic mass is 9.89. The highest BCUT2D eigenvalue weighted by Crippen LogP contribution is 2.48. The Morgan fingerprint density at radius 1 is 1.02 bits per heavy atom. The number of ether oxygens (including phenoxy) is 6. The van der Waals surface area contributed by atoms with Crippen molar-refractivity contribution in [3.05, 3.63) is 24.0 Å². The number of rotatable bonds is 13. The zero-order valence-corrected chi connectivity index (χ0v) is 25.5. The minimum absolute atomic E-state index is 0.0845. The van der Waals surface area contributed by atoms with Crippen LogP contribution in [0.4, 0.5) is 0 Å². The van der Waals surface area contributed by atoms with Gasteiger partial charge in [-0.2, -0.15) is 0 Å². The Balaban J connectivity index is 1.27. The number of methoxy groups -OCH3 is 1. The molecule has 0 aromatic rings. The average Bonchev–Trinajstić information content (AvgIpc) is 3.70. The van der Waals surface area contributed by atoms with Gasteiger partial charge in [0.1, 0.15) is 6.10 Å². The number of hydrogen-bond acceptors (Lipinski definition) is 7. The summed E-state index contributed by atoms with van der Waals surface area (Å²) in [6.07, 6.45) is 23.9. The summed E-state index contributed by atoms with van der Waals surface area (Å²) in [5.74, 6) is 2.94. The molecule has 3 heterocycles. The molecule has 5 aliphatic rings. The molecule has 0 spiro atoms. The van der Waals surface area contributed by atoms with Crippen LogP contribution in [-0.2, 0) is 33.2 Å². The van der Waals surface area contributed by atoms with Crippen LogP contribution in [0, 0.1) is 23.7 Å². The van der Waals surface area contributed by atoms with Crippen LogP contribution in [0.3, 0.4) is 0 Å². The SMILES string of the molecule is CCCC1CCC([C@@H](/C=C/[C@@H]2[C@H]3C/C(=C/CCCC(=O)OC)O[C@@H]3C[C@H]2OC2CCCCO2)OC2CCCCO2)C1. The number of carbonyl (C=O) groups excluding carboxylic acids is 1. The summed E-state index contributed by atoms with van der Waals surface area (Å²) >= 11 is 0. The largest absolute Gasteiger partial charge is 0.495 e. The molecule has 2 aliphatic carbocycles. The van der Waals surface area contributed by atoms with E-state index < -0.39 is 0 Å². The second-order valence-electron chi connectivity index (χ2n) is 13.0. The fourth-order valence-electron chi connectivity index (χ4n) is 7.76. The maximum absolute atomic E-state index is 11.5. The fraction of sp³-hybridized carbons (Fsp3) is 0.853. The third-order valence-corrected chi connectivity index (χ3v) is 9.97. The smallest absolute Gasteiger partial charge is 0.305 e. The second-order valence-corrected chi connectivity index (χ2v) is 13.0. The quantitative estimate of drug-likeness (QED) is 0.130. The van der Waals surface area contributed by atoms with Gasteiger partial charge < -0.3 is 28.4 Å².